The van der Waals surface area contributed by atoms with Gasteiger partial charge >= 0.3 is 6.18 Å². The number of nitrogens with zero attached hydrogens (tertiary/aromatic N) is 1. The third kappa shape index (κ3) is 3.31. The molecule has 2 amide bonds. The monoisotopic (exact) mass is 453 g/mol. The molecule has 3 aromatic carbocycles. The van der Waals surface area contributed by atoms with E-state index < -0.39 is 29.6 Å². The number of aromatic nitrogens is 1. The van der Waals surface area contributed by atoms with E-state index in [-0.39, 0.29) is 22.5 Å². The zero-order valence-electron chi connectivity index (χ0n) is 16.2. The molecule has 0 spiro atoms. The Hall–Kier alpha value is -3.72. The molecule has 1 aromatic heterocycles. The van der Waals surface area contributed by atoms with Gasteiger partial charge in [0.05, 0.1) is 16.3 Å². The fourth-order valence-electron chi connectivity index (χ4n) is 3.94. The Morgan fingerprint density at radius 3 is 2.56 bits per heavy atom. The Bertz CT molecular complexity index is 1380. The van der Waals surface area contributed by atoms with E-state index in [1.54, 1.807) is 24.3 Å². The first-order valence-corrected chi connectivity index (χ1v) is 10.4. The molecule has 0 fully saturated rings. The summed E-state index contributed by atoms with van der Waals surface area (Å²) in [5, 5.41) is 6.05. The molecule has 160 valence electrons. The molecule has 4 aromatic rings. The van der Waals surface area contributed by atoms with Crippen molar-refractivity contribution in [3.63, 3.8) is 0 Å². The van der Waals surface area contributed by atoms with Crippen LogP contribution in [0.2, 0.25) is 0 Å². The molecule has 0 bridgehead atoms. The average Bonchev–Trinajstić information content (AvgIpc) is 3.35. The molecule has 2 N–H and O–H groups in total. The summed E-state index contributed by atoms with van der Waals surface area (Å²) >= 11 is 1.18. The van der Waals surface area contributed by atoms with Crippen LogP contribution >= 0.6 is 11.5 Å². The van der Waals surface area contributed by atoms with Crippen LogP contribution in [0.3, 0.4) is 0 Å². The zero-order valence-corrected chi connectivity index (χ0v) is 17.1. The number of nitrogens with one attached hydrogen (secondary N) is 2. The highest BCUT2D eigenvalue weighted by molar-refractivity contribution is 7.13. The van der Waals surface area contributed by atoms with Crippen molar-refractivity contribution in [2.75, 3.05) is 5.32 Å². The van der Waals surface area contributed by atoms with Gasteiger partial charge in [0.2, 0.25) is 0 Å². The third-order valence-corrected chi connectivity index (χ3v) is 6.16. The molecular weight excluding hydrogens is 439 g/mol. The second-order valence-electron chi connectivity index (χ2n) is 7.24. The van der Waals surface area contributed by atoms with Gasteiger partial charge in [0, 0.05) is 22.2 Å². The van der Waals surface area contributed by atoms with Gasteiger partial charge in [-0.2, -0.15) is 17.5 Å². The van der Waals surface area contributed by atoms with Crippen LogP contribution in [0.15, 0.2) is 66.7 Å². The molecule has 9 heteroatoms. The average molecular weight is 453 g/mol. The summed E-state index contributed by atoms with van der Waals surface area (Å²) in [6, 6.07) is 15.9. The number of hydrogen-bond donors (Lipinski definition) is 2. The lowest BCUT2D eigenvalue weighted by molar-refractivity contribution is -0.138. The van der Waals surface area contributed by atoms with Crippen LogP contribution in [0, 0.1) is 0 Å². The van der Waals surface area contributed by atoms with Crippen LogP contribution in [-0.2, 0) is 6.18 Å². The number of carbonyl (C=O) groups excluding carboxylic acids is 2. The summed E-state index contributed by atoms with van der Waals surface area (Å²) in [7, 11) is 0. The molecule has 5 rings (SSSR count). The molecular formula is C23H14F3N3O2S. The summed E-state index contributed by atoms with van der Waals surface area (Å²) in [5.74, 6) is -1.00. The lowest BCUT2D eigenvalue weighted by Crippen LogP contribution is -2.23. The number of rotatable bonds is 3. The largest absolute Gasteiger partial charge is 0.416 e. The zero-order chi connectivity index (χ0) is 22.5. The first kappa shape index (κ1) is 20.2. The Balaban J connectivity index is 1.58. The molecule has 1 unspecified atom stereocenters. The molecule has 0 saturated heterocycles. The van der Waals surface area contributed by atoms with Crippen molar-refractivity contribution in [2.24, 2.45) is 0 Å². The van der Waals surface area contributed by atoms with Gasteiger partial charge in [-0.05, 0) is 41.4 Å². The van der Waals surface area contributed by atoms with Gasteiger partial charge in [-0.1, -0.05) is 42.5 Å². The predicted molar refractivity (Wildman–Crippen MR) is 115 cm³/mol. The van der Waals surface area contributed by atoms with Crippen molar-refractivity contribution in [3.05, 3.63) is 94.7 Å². The summed E-state index contributed by atoms with van der Waals surface area (Å²) in [6.45, 7) is 0. The topological polar surface area (TPSA) is 71.1 Å². The number of hydrogen-bond acceptors (Lipinski definition) is 4. The Kier molecular flexibility index (Phi) is 4.70. The van der Waals surface area contributed by atoms with Crippen LogP contribution in [-0.4, -0.2) is 16.2 Å². The summed E-state index contributed by atoms with van der Waals surface area (Å²) in [4.78, 5) is 25.5. The molecule has 5 nitrogen and oxygen atoms in total. The number of amides is 2. The lowest BCUT2D eigenvalue weighted by atomic mass is 9.93. The Labute approximate surface area is 184 Å². The minimum absolute atomic E-state index is 0.0899. The van der Waals surface area contributed by atoms with Gasteiger partial charge in [-0.3, -0.25) is 9.59 Å². The van der Waals surface area contributed by atoms with Crippen molar-refractivity contribution in [1.29, 1.82) is 0 Å². The van der Waals surface area contributed by atoms with E-state index in [0.29, 0.717) is 10.9 Å². The maximum Gasteiger partial charge on any atom is 0.416 e. The first-order valence-electron chi connectivity index (χ1n) is 9.60. The van der Waals surface area contributed by atoms with E-state index in [1.165, 1.54) is 35.8 Å². The van der Waals surface area contributed by atoms with Gasteiger partial charge in [-0.15, -0.1) is 0 Å². The summed E-state index contributed by atoms with van der Waals surface area (Å²) in [5.41, 5.74) is 0.0466. The second kappa shape index (κ2) is 7.45. The third-order valence-electron chi connectivity index (χ3n) is 5.33. The number of anilines is 1. The number of halogens is 3. The number of alkyl halides is 3. The minimum atomic E-state index is -4.60. The molecule has 1 aliphatic rings. The maximum atomic E-state index is 13.6. The van der Waals surface area contributed by atoms with Gasteiger partial charge in [0.25, 0.3) is 11.8 Å². The highest BCUT2D eigenvalue weighted by atomic mass is 32.1. The standard InChI is InChI=1S/C23H14F3N3O2S/c24-23(25,26)15-9-3-1-6-12(15)19-18-14(21(30)28-19)8-5-10-16(18)27-22(31)20-13-7-2-4-11-17(13)32-29-20/h1-11,19H,(H,27,31)(H,28,30). The number of carbonyl (C=O) groups is 2. The molecule has 32 heavy (non-hydrogen) atoms. The number of benzene rings is 3. The SMILES string of the molecule is O=C1NC(c2ccccc2C(F)(F)F)c2c(NC(=O)c3nsc4ccccc34)cccc21. The smallest absolute Gasteiger partial charge is 0.341 e. The van der Waals surface area contributed by atoms with Gasteiger partial charge in [0.15, 0.2) is 0 Å². The predicted octanol–water partition coefficient (Wildman–Crippen LogP) is 5.40. The number of fused-ring (bicyclic) bond motifs is 2. The van der Waals surface area contributed by atoms with Crippen molar-refractivity contribution in [3.8, 4) is 0 Å². The van der Waals surface area contributed by atoms with Crippen molar-refractivity contribution >= 4 is 39.1 Å². The Morgan fingerprint density at radius 2 is 1.75 bits per heavy atom. The summed E-state index contributed by atoms with van der Waals surface area (Å²) in [6.07, 6.45) is -4.60. The van der Waals surface area contributed by atoms with Crippen LogP contribution in [0.1, 0.15) is 43.6 Å². The van der Waals surface area contributed by atoms with Crippen LogP contribution < -0.4 is 10.6 Å². The first-order chi connectivity index (χ1) is 15.3. The van der Waals surface area contributed by atoms with Crippen molar-refractivity contribution in [2.45, 2.75) is 12.2 Å². The Morgan fingerprint density at radius 1 is 1.00 bits per heavy atom. The van der Waals surface area contributed by atoms with Crippen LogP contribution in [0.5, 0.6) is 0 Å². The van der Waals surface area contributed by atoms with Crippen molar-refractivity contribution in [1.82, 2.24) is 9.69 Å². The van der Waals surface area contributed by atoms with Gasteiger partial charge in [-0.25, -0.2) is 0 Å². The lowest BCUT2D eigenvalue weighted by Gasteiger charge is -2.20. The van der Waals surface area contributed by atoms with Gasteiger partial charge < -0.3 is 10.6 Å². The van der Waals surface area contributed by atoms with Crippen molar-refractivity contribution < 1.29 is 22.8 Å². The van der Waals surface area contributed by atoms with E-state index in [1.807, 2.05) is 12.1 Å². The highest BCUT2D eigenvalue weighted by Crippen LogP contribution is 2.42. The maximum absolute atomic E-state index is 13.6. The van der Waals surface area contributed by atoms with E-state index >= 15 is 0 Å². The molecule has 0 radical (unpaired) electrons. The van der Waals surface area contributed by atoms with Crippen LogP contribution in [0.25, 0.3) is 10.1 Å². The van der Waals surface area contributed by atoms with Crippen LogP contribution in [0.4, 0.5) is 18.9 Å². The van der Waals surface area contributed by atoms with E-state index in [2.05, 4.69) is 15.0 Å². The molecule has 1 atom stereocenters. The van der Waals surface area contributed by atoms with E-state index in [0.717, 1.165) is 10.8 Å². The fourth-order valence-corrected chi connectivity index (χ4v) is 4.71. The normalized spacial score (nSPS) is 15.5. The van der Waals surface area contributed by atoms with Gasteiger partial charge in [0.1, 0.15) is 5.69 Å². The quantitative estimate of drug-likeness (QED) is 0.436. The second-order valence-corrected chi connectivity index (χ2v) is 8.04. The molecule has 0 aliphatic carbocycles. The molecule has 2 heterocycles. The van der Waals surface area contributed by atoms with E-state index in [4.69, 9.17) is 0 Å². The highest BCUT2D eigenvalue weighted by Gasteiger charge is 2.40. The molecule has 1 aliphatic heterocycles. The molecule has 0 saturated carbocycles. The summed E-state index contributed by atoms with van der Waals surface area (Å²) < 4.78 is 46.0. The minimum Gasteiger partial charge on any atom is -0.341 e. The fraction of sp³-hybridized carbons (Fsp3) is 0.0870. The van der Waals surface area contributed by atoms with E-state index in [9.17, 15) is 22.8 Å².